The normalized spacial score (nSPS) is 13.0. The summed E-state index contributed by atoms with van der Waals surface area (Å²) in [6, 6.07) is 53.5. The van der Waals surface area contributed by atoms with Crippen LogP contribution in [-0.4, -0.2) is 67.5 Å². The van der Waals surface area contributed by atoms with Gasteiger partial charge in [-0.1, -0.05) is 159 Å². The molecule has 12 nitrogen and oxygen atoms in total. The zero-order chi connectivity index (χ0) is 58.8. The van der Waals surface area contributed by atoms with Crippen molar-refractivity contribution < 1.29 is 37.8 Å². The van der Waals surface area contributed by atoms with Crippen LogP contribution in [0.5, 0.6) is 17.2 Å². The van der Waals surface area contributed by atoms with E-state index in [0.29, 0.717) is 50.9 Å². The van der Waals surface area contributed by atoms with Crippen LogP contribution < -0.4 is 27.2 Å². The van der Waals surface area contributed by atoms with Crippen LogP contribution >= 0.6 is 47.0 Å². The molecule has 1 aliphatic rings. The Morgan fingerprint density at radius 2 is 0.602 bits per heavy atom. The van der Waals surface area contributed by atoms with E-state index < -0.39 is 35.8 Å². The maximum atomic E-state index is 15.3. The molecular formula is C64H57N3O9S7. The van der Waals surface area contributed by atoms with Crippen LogP contribution in [-0.2, 0) is 35.8 Å². The number of benzene rings is 10. The van der Waals surface area contributed by atoms with E-state index in [-0.39, 0.29) is 41.7 Å². The topological polar surface area (TPSA) is 140 Å². The molecule has 0 aliphatic carbocycles. The molecule has 0 spiro atoms. The Bertz CT molecular complexity index is 4580. The molecule has 0 atom stereocenters. The van der Waals surface area contributed by atoms with E-state index in [1.807, 2.05) is 136 Å². The van der Waals surface area contributed by atoms with Crippen molar-refractivity contribution in [3.05, 3.63) is 188 Å². The predicted octanol–water partition coefficient (Wildman–Crippen LogP) is 15.9. The van der Waals surface area contributed by atoms with Crippen molar-refractivity contribution in [2.45, 2.75) is 80.0 Å². The highest BCUT2D eigenvalue weighted by molar-refractivity contribution is 8.01. The number of fused-ring (bicyclic) bond motifs is 11. The van der Waals surface area contributed by atoms with Crippen molar-refractivity contribution in [3.63, 3.8) is 0 Å². The molecule has 10 aromatic rings. The van der Waals surface area contributed by atoms with Gasteiger partial charge in [0.1, 0.15) is 14.7 Å². The molecule has 10 aromatic carbocycles. The Labute approximate surface area is 502 Å². The lowest BCUT2D eigenvalue weighted by Crippen LogP contribution is -2.15. The molecule has 0 fully saturated rings. The Balaban J connectivity index is 1.14. The minimum Gasteiger partial charge on any atom is -0.377 e. The zero-order valence-corrected chi connectivity index (χ0v) is 52.4. The van der Waals surface area contributed by atoms with E-state index in [9.17, 15) is 0 Å². The van der Waals surface area contributed by atoms with E-state index in [2.05, 4.69) is 20.8 Å². The summed E-state index contributed by atoms with van der Waals surface area (Å²) in [5.41, 5.74) is 2.80. The van der Waals surface area contributed by atoms with Crippen molar-refractivity contribution in [3.8, 4) is 17.2 Å². The van der Waals surface area contributed by atoms with Gasteiger partial charge in [-0.05, 0) is 102 Å². The van der Waals surface area contributed by atoms with Gasteiger partial charge in [0.2, 0.25) is 0 Å². The van der Waals surface area contributed by atoms with Crippen LogP contribution in [0, 0.1) is 0 Å². The summed E-state index contributed by atoms with van der Waals surface area (Å²) < 4.78 is 111. The number of rotatable bonds is 12. The average Bonchev–Trinajstić information content (AvgIpc) is 3.22. The van der Waals surface area contributed by atoms with Crippen molar-refractivity contribution in [1.82, 2.24) is 0 Å². The molecular weight excluding hydrogens is 1180 g/mol. The number of para-hydroxylation sites is 2. The minimum absolute atomic E-state index is 0.0117. The van der Waals surface area contributed by atoms with Crippen LogP contribution in [0.2, 0.25) is 0 Å². The molecule has 0 saturated heterocycles. The van der Waals surface area contributed by atoms with Crippen LogP contribution in [0.25, 0.3) is 32.3 Å². The molecule has 0 aromatic heterocycles. The fourth-order valence-corrected chi connectivity index (χ4v) is 18.1. The van der Waals surface area contributed by atoms with Crippen LogP contribution in [0.4, 0.5) is 17.1 Å². The van der Waals surface area contributed by atoms with E-state index in [1.165, 1.54) is 41.7 Å². The summed E-state index contributed by atoms with van der Waals surface area (Å²) in [5.74, 6) is -0.0712. The minimum atomic E-state index is -4.72. The highest BCUT2D eigenvalue weighted by Gasteiger charge is 2.32. The van der Waals surface area contributed by atoms with E-state index in [1.54, 1.807) is 84.9 Å². The summed E-state index contributed by atoms with van der Waals surface area (Å²) in [6.45, 7) is 6.18. The van der Waals surface area contributed by atoms with Gasteiger partial charge in [-0.25, -0.2) is 0 Å². The Morgan fingerprint density at radius 3 is 0.964 bits per heavy atom. The van der Waals surface area contributed by atoms with Gasteiger partial charge in [0.15, 0.2) is 17.2 Å². The van der Waals surface area contributed by atoms with Crippen LogP contribution in [0.1, 0.15) is 26.3 Å². The molecule has 0 saturated carbocycles. The van der Waals surface area contributed by atoms with Gasteiger partial charge in [0.05, 0.1) is 29.4 Å². The van der Waals surface area contributed by atoms with Gasteiger partial charge >= 0.3 is 30.4 Å². The average molecular weight is 1240 g/mol. The number of hydrogen-bond donors (Lipinski definition) is 0. The molecule has 0 N–H and O–H groups in total. The molecule has 0 radical (unpaired) electrons. The fourth-order valence-electron chi connectivity index (χ4n) is 9.89. The molecule has 0 amide bonds. The van der Waals surface area contributed by atoms with Crippen LogP contribution in [0.3, 0.4) is 0 Å². The first kappa shape index (κ1) is 57.8. The smallest absolute Gasteiger partial charge is 0.339 e. The first-order chi connectivity index (χ1) is 39.5. The second-order valence-electron chi connectivity index (χ2n) is 21.3. The van der Waals surface area contributed by atoms with Gasteiger partial charge in [0.25, 0.3) is 0 Å². The Hall–Kier alpha value is -6.97. The highest BCUT2D eigenvalue weighted by atomic mass is 32.2. The maximum absolute atomic E-state index is 15.3. The third-order valence-electron chi connectivity index (χ3n) is 13.9. The molecule has 1 aliphatic heterocycles. The van der Waals surface area contributed by atoms with Crippen molar-refractivity contribution in [1.29, 1.82) is 0 Å². The number of hydrogen-bond acceptors (Lipinski definition) is 16. The SMILES string of the molecule is CN(C)c1cccc2c(S(=O)(=O)Oc3c4cccc3Sc3cccc(c3OS(=O)(=O)c3cccc5c(N(C)C)cccc35)Sc3cc(C(C)(C)C)cc(c3OS(=O)(=O)c3cccc5c(N(C)C)cccc35)Sc3cccc(c3)S4)cccc12. The molecule has 1 heterocycles. The Morgan fingerprint density at radius 1 is 0.325 bits per heavy atom. The van der Waals surface area contributed by atoms with Gasteiger partial charge in [-0.2, -0.15) is 25.3 Å². The fraction of sp³-hybridized carbons (Fsp3) is 0.156. The maximum Gasteiger partial charge on any atom is 0.339 e. The van der Waals surface area contributed by atoms with E-state index in [4.69, 9.17) is 12.5 Å². The van der Waals surface area contributed by atoms with Gasteiger partial charge in [0, 0.05) is 101 Å². The zero-order valence-electron chi connectivity index (χ0n) is 46.7. The molecule has 19 heteroatoms. The van der Waals surface area contributed by atoms with E-state index in [0.717, 1.165) is 56.9 Å². The Kier molecular flexibility index (Phi) is 15.7. The summed E-state index contributed by atoms with van der Waals surface area (Å²) in [6.07, 6.45) is 0. The highest BCUT2D eigenvalue weighted by Crippen LogP contribution is 2.54. The lowest BCUT2D eigenvalue weighted by atomic mass is 9.87. The largest absolute Gasteiger partial charge is 0.377 e. The molecule has 424 valence electrons. The monoisotopic (exact) mass is 1240 g/mol. The summed E-state index contributed by atoms with van der Waals surface area (Å²) in [7, 11) is -2.60. The number of nitrogens with zero attached hydrogens (tertiary/aromatic N) is 3. The lowest BCUT2D eigenvalue weighted by Gasteiger charge is -2.24. The third kappa shape index (κ3) is 11.6. The standard InChI is InChI=1S/C64H57N3O9S7/c1-64(2,3)40-37-56-63(76-83(72,73)60-36-16-23-45-48(60)26-13-29-51(45)67(8)9)57(38-40)80-55-33-18-32-54(62(55)75-82(70,71)59-35-15-22-44-47(59)25-12-28-50(44)66(6)7)79-53-31-17-30-52(77-41-19-10-20-42(39-41)78-56)61(53)74-81(68,69)58-34-14-21-43-46(58)24-11-27-49(43)65(4)5/h10-39H,1-9H3. The molecule has 0 unspecified atom stereocenters. The molecule has 11 rings (SSSR count). The van der Waals surface area contributed by atoms with Gasteiger partial charge in [-0.3, -0.25) is 0 Å². The van der Waals surface area contributed by atoms with Crippen molar-refractivity contribution in [2.24, 2.45) is 0 Å². The molecule has 8 bridgehead atoms. The molecule has 83 heavy (non-hydrogen) atoms. The predicted molar refractivity (Wildman–Crippen MR) is 339 cm³/mol. The van der Waals surface area contributed by atoms with Crippen LogP contribution in [0.15, 0.2) is 236 Å². The third-order valence-corrected chi connectivity index (χ3v) is 21.9. The summed E-state index contributed by atoms with van der Waals surface area (Å²) in [4.78, 5) is 9.15. The second-order valence-corrected chi connectivity index (χ2v) is 30.2. The summed E-state index contributed by atoms with van der Waals surface area (Å²) >= 11 is 4.73. The van der Waals surface area contributed by atoms with Gasteiger partial charge in [-0.15, -0.1) is 0 Å². The number of anilines is 3. The first-order valence-electron chi connectivity index (χ1n) is 26.1. The second kappa shape index (κ2) is 22.6. The first-order valence-corrected chi connectivity index (χ1v) is 33.6. The van der Waals surface area contributed by atoms with E-state index >= 15 is 25.3 Å². The quantitative estimate of drug-likeness (QED) is 0.107. The van der Waals surface area contributed by atoms with Crippen molar-refractivity contribution >= 4 is 127 Å². The lowest BCUT2D eigenvalue weighted by molar-refractivity contribution is 0.472. The summed E-state index contributed by atoms with van der Waals surface area (Å²) in [5, 5.41) is 3.49. The van der Waals surface area contributed by atoms with Crippen molar-refractivity contribution in [2.75, 3.05) is 57.0 Å². The van der Waals surface area contributed by atoms with Gasteiger partial charge < -0.3 is 27.2 Å².